The Labute approximate surface area is 113 Å². The van der Waals surface area contributed by atoms with E-state index in [1.807, 2.05) is 0 Å². The molecule has 4 heteroatoms. The molecule has 0 amide bonds. The van der Waals surface area contributed by atoms with E-state index in [0.29, 0.717) is 17.9 Å². The number of halogens is 3. The van der Waals surface area contributed by atoms with Crippen LogP contribution in [-0.2, 0) is 0 Å². The lowest BCUT2D eigenvalue weighted by molar-refractivity contribution is 0.437. The number of hydrogen-bond donors (Lipinski definition) is 1. The summed E-state index contributed by atoms with van der Waals surface area (Å²) in [6, 6.07) is 1.57. The van der Waals surface area contributed by atoms with Crippen molar-refractivity contribution in [2.24, 2.45) is 11.8 Å². The van der Waals surface area contributed by atoms with Gasteiger partial charge < -0.3 is 5.32 Å². The molecule has 0 aliphatic carbocycles. The third-order valence-corrected chi connectivity index (χ3v) is 2.86. The van der Waals surface area contributed by atoms with Crippen molar-refractivity contribution in [3.63, 3.8) is 0 Å². The lowest BCUT2D eigenvalue weighted by Gasteiger charge is -2.24. The largest absolute Gasteiger partial charge is 0.380 e. The topological polar surface area (TPSA) is 12.0 Å². The highest BCUT2D eigenvalue weighted by Crippen LogP contribution is 2.23. The van der Waals surface area contributed by atoms with E-state index in [1.54, 1.807) is 0 Å². The number of anilines is 1. The van der Waals surface area contributed by atoms with Gasteiger partial charge in [0.15, 0.2) is 11.6 Å². The summed E-state index contributed by atoms with van der Waals surface area (Å²) < 4.78 is 39.9. The van der Waals surface area contributed by atoms with E-state index >= 15 is 0 Å². The minimum atomic E-state index is -1.16. The molecule has 0 aliphatic heterocycles. The van der Waals surface area contributed by atoms with Crippen LogP contribution in [0.25, 0.3) is 0 Å². The first kappa shape index (κ1) is 15.9. The van der Waals surface area contributed by atoms with Gasteiger partial charge in [-0.1, -0.05) is 27.7 Å². The maximum absolute atomic E-state index is 13.6. The standard InChI is InChI=1S/C15H22F3N/c1-9(2)5-12(6-10(3)4)19-14-8-11(16)7-13(17)15(14)18/h7-10,12,19H,5-6H2,1-4H3. The van der Waals surface area contributed by atoms with Gasteiger partial charge >= 0.3 is 0 Å². The Hall–Kier alpha value is -1.19. The molecule has 0 bridgehead atoms. The van der Waals surface area contributed by atoms with Crippen molar-refractivity contribution >= 4 is 5.69 Å². The molecule has 0 spiro atoms. The van der Waals surface area contributed by atoms with Crippen LogP contribution in [0.4, 0.5) is 18.9 Å². The second-order valence-corrected chi connectivity index (χ2v) is 5.85. The van der Waals surface area contributed by atoms with Gasteiger partial charge in [-0.2, -0.15) is 0 Å². The van der Waals surface area contributed by atoms with Gasteiger partial charge in [0.25, 0.3) is 0 Å². The first-order valence-electron chi connectivity index (χ1n) is 6.70. The number of nitrogens with one attached hydrogen (secondary N) is 1. The van der Waals surface area contributed by atoms with Crippen LogP contribution >= 0.6 is 0 Å². The van der Waals surface area contributed by atoms with E-state index in [9.17, 15) is 13.2 Å². The van der Waals surface area contributed by atoms with Crippen molar-refractivity contribution in [1.29, 1.82) is 0 Å². The van der Waals surface area contributed by atoms with Crippen LogP contribution in [0.5, 0.6) is 0 Å². The average Bonchev–Trinajstić information content (AvgIpc) is 2.23. The van der Waals surface area contributed by atoms with Crippen LogP contribution in [0, 0.1) is 29.3 Å². The molecule has 108 valence electrons. The summed E-state index contributed by atoms with van der Waals surface area (Å²) in [6.45, 7) is 8.27. The SMILES string of the molecule is CC(C)CC(CC(C)C)Nc1cc(F)cc(F)c1F. The lowest BCUT2D eigenvalue weighted by atomic mass is 9.95. The summed E-state index contributed by atoms with van der Waals surface area (Å²) in [6.07, 6.45) is 1.66. The Bertz CT molecular complexity index is 406. The van der Waals surface area contributed by atoms with Crippen molar-refractivity contribution in [2.75, 3.05) is 5.32 Å². The van der Waals surface area contributed by atoms with Crippen LogP contribution in [0.2, 0.25) is 0 Å². The second kappa shape index (κ2) is 6.83. The van der Waals surface area contributed by atoms with Gasteiger partial charge in [0.05, 0.1) is 5.69 Å². The summed E-state index contributed by atoms with van der Waals surface area (Å²) in [4.78, 5) is 0. The molecule has 19 heavy (non-hydrogen) atoms. The fourth-order valence-electron chi connectivity index (χ4n) is 2.23. The van der Waals surface area contributed by atoms with Gasteiger partial charge in [-0.05, 0) is 24.7 Å². The second-order valence-electron chi connectivity index (χ2n) is 5.85. The molecule has 0 aliphatic rings. The summed E-state index contributed by atoms with van der Waals surface area (Å²) in [5.74, 6) is -2.08. The third-order valence-electron chi connectivity index (χ3n) is 2.86. The molecule has 0 fully saturated rings. The predicted octanol–water partition coefficient (Wildman–Crippen LogP) is 4.98. The van der Waals surface area contributed by atoms with E-state index in [4.69, 9.17) is 0 Å². The number of benzene rings is 1. The normalized spacial score (nSPS) is 11.7. The zero-order valence-corrected chi connectivity index (χ0v) is 11.9. The van der Waals surface area contributed by atoms with Crippen molar-refractivity contribution in [1.82, 2.24) is 0 Å². The monoisotopic (exact) mass is 273 g/mol. The quantitative estimate of drug-likeness (QED) is 0.721. The number of rotatable bonds is 6. The molecule has 0 atom stereocenters. The van der Waals surface area contributed by atoms with Crippen molar-refractivity contribution < 1.29 is 13.2 Å². The van der Waals surface area contributed by atoms with Gasteiger partial charge in [-0.15, -0.1) is 0 Å². The summed E-state index contributed by atoms with van der Waals surface area (Å²) in [7, 11) is 0. The Morgan fingerprint density at radius 1 is 0.947 bits per heavy atom. The van der Waals surface area contributed by atoms with Crippen LogP contribution in [0.3, 0.4) is 0 Å². The average molecular weight is 273 g/mol. The maximum atomic E-state index is 13.6. The molecule has 1 nitrogen and oxygen atoms in total. The number of hydrogen-bond acceptors (Lipinski definition) is 1. The summed E-state index contributed by atoms with van der Waals surface area (Å²) in [5.41, 5.74) is -0.0937. The highest BCUT2D eigenvalue weighted by atomic mass is 19.2. The van der Waals surface area contributed by atoms with Crippen LogP contribution < -0.4 is 5.32 Å². The first-order valence-corrected chi connectivity index (χ1v) is 6.70. The summed E-state index contributed by atoms with van der Waals surface area (Å²) in [5, 5.41) is 2.94. The zero-order chi connectivity index (χ0) is 14.6. The minimum absolute atomic E-state index is 0.00991. The Morgan fingerprint density at radius 2 is 1.47 bits per heavy atom. The fourth-order valence-corrected chi connectivity index (χ4v) is 2.23. The van der Waals surface area contributed by atoms with E-state index in [2.05, 4.69) is 33.0 Å². The van der Waals surface area contributed by atoms with Crippen molar-refractivity contribution in [3.8, 4) is 0 Å². The van der Waals surface area contributed by atoms with E-state index in [1.165, 1.54) is 0 Å². The molecular weight excluding hydrogens is 251 g/mol. The molecule has 0 aromatic heterocycles. The van der Waals surface area contributed by atoms with E-state index in [0.717, 1.165) is 18.9 Å². The molecule has 1 aromatic rings. The van der Waals surface area contributed by atoms with Gasteiger partial charge in [0, 0.05) is 18.2 Å². The Morgan fingerprint density at radius 3 is 1.95 bits per heavy atom. The van der Waals surface area contributed by atoms with E-state index < -0.39 is 17.5 Å². The van der Waals surface area contributed by atoms with Gasteiger partial charge in [0.2, 0.25) is 0 Å². The molecule has 0 heterocycles. The Balaban J connectivity index is 2.89. The van der Waals surface area contributed by atoms with Gasteiger partial charge in [-0.25, -0.2) is 13.2 Å². The molecular formula is C15H22F3N. The highest BCUT2D eigenvalue weighted by Gasteiger charge is 2.17. The predicted molar refractivity (Wildman–Crippen MR) is 72.6 cm³/mol. The molecule has 0 unspecified atom stereocenters. The lowest BCUT2D eigenvalue weighted by Crippen LogP contribution is -2.24. The minimum Gasteiger partial charge on any atom is -0.380 e. The fraction of sp³-hybridized carbons (Fsp3) is 0.600. The molecule has 0 saturated carbocycles. The van der Waals surface area contributed by atoms with Crippen molar-refractivity contribution in [2.45, 2.75) is 46.6 Å². The maximum Gasteiger partial charge on any atom is 0.182 e. The zero-order valence-electron chi connectivity index (χ0n) is 11.9. The molecule has 1 rings (SSSR count). The van der Waals surface area contributed by atoms with Crippen LogP contribution in [0.1, 0.15) is 40.5 Å². The Kier molecular flexibility index (Phi) is 5.70. The van der Waals surface area contributed by atoms with Crippen LogP contribution in [0.15, 0.2) is 12.1 Å². The van der Waals surface area contributed by atoms with Gasteiger partial charge in [-0.3, -0.25) is 0 Å². The smallest absolute Gasteiger partial charge is 0.182 e. The third kappa shape index (κ3) is 5.13. The van der Waals surface area contributed by atoms with Crippen LogP contribution in [-0.4, -0.2) is 6.04 Å². The van der Waals surface area contributed by atoms with Gasteiger partial charge in [0.1, 0.15) is 5.82 Å². The first-order chi connectivity index (χ1) is 8.79. The summed E-state index contributed by atoms with van der Waals surface area (Å²) >= 11 is 0. The molecule has 1 aromatic carbocycles. The van der Waals surface area contributed by atoms with Crippen molar-refractivity contribution in [3.05, 3.63) is 29.6 Å². The van der Waals surface area contributed by atoms with E-state index in [-0.39, 0.29) is 11.7 Å². The molecule has 0 radical (unpaired) electrons. The molecule has 0 saturated heterocycles. The highest BCUT2D eigenvalue weighted by molar-refractivity contribution is 5.46. The molecule has 1 N–H and O–H groups in total.